The summed E-state index contributed by atoms with van der Waals surface area (Å²) in [5.74, 6) is 3.17. The van der Waals surface area contributed by atoms with E-state index in [1.165, 1.54) is 19.3 Å². The van der Waals surface area contributed by atoms with Crippen LogP contribution in [0.4, 0.5) is 0 Å². The van der Waals surface area contributed by atoms with Gasteiger partial charge in [-0.2, -0.15) is 4.98 Å². The molecule has 0 atom stereocenters. The largest absolute Gasteiger partial charge is 0.339 e. The molecule has 1 saturated heterocycles. The van der Waals surface area contributed by atoms with Crippen molar-refractivity contribution in [3.8, 4) is 5.69 Å². The molecule has 0 amide bonds. The molecule has 1 fully saturated rings. The van der Waals surface area contributed by atoms with E-state index in [9.17, 15) is 0 Å². The quantitative estimate of drug-likeness (QED) is 0.556. The van der Waals surface area contributed by atoms with Gasteiger partial charge in [0.1, 0.15) is 0 Å². The van der Waals surface area contributed by atoms with Gasteiger partial charge in [0.15, 0.2) is 16.8 Å². The van der Waals surface area contributed by atoms with Crippen molar-refractivity contribution >= 4 is 11.8 Å². The van der Waals surface area contributed by atoms with Gasteiger partial charge in [-0.3, -0.25) is 9.47 Å². The number of aromatic nitrogens is 5. The summed E-state index contributed by atoms with van der Waals surface area (Å²) in [6, 6.07) is 10.3. The molecule has 3 heterocycles. The Kier molecular flexibility index (Phi) is 6.07. The minimum Gasteiger partial charge on any atom is -0.339 e. The number of para-hydroxylation sites is 1. The average Bonchev–Trinajstić information content (AvgIpc) is 3.35. The Morgan fingerprint density at radius 1 is 1.07 bits per heavy atom. The molecule has 0 bridgehead atoms. The first-order valence-electron chi connectivity index (χ1n) is 9.88. The number of nitrogens with zero attached hydrogens (tertiary/aromatic N) is 6. The Labute approximate surface area is 169 Å². The van der Waals surface area contributed by atoms with E-state index in [-0.39, 0.29) is 5.92 Å². The molecular formula is C20H26N6OS. The van der Waals surface area contributed by atoms with Gasteiger partial charge in [0.2, 0.25) is 5.89 Å². The number of benzene rings is 1. The summed E-state index contributed by atoms with van der Waals surface area (Å²) >= 11 is 1.59. The normalized spacial score (nSPS) is 15.4. The number of piperidine rings is 1. The molecule has 0 aliphatic carbocycles. The number of rotatable bonds is 7. The first-order chi connectivity index (χ1) is 13.7. The van der Waals surface area contributed by atoms with E-state index in [1.807, 2.05) is 32.0 Å². The van der Waals surface area contributed by atoms with E-state index >= 15 is 0 Å². The van der Waals surface area contributed by atoms with Gasteiger partial charge in [-0.25, -0.2) is 0 Å². The summed E-state index contributed by atoms with van der Waals surface area (Å²) in [7, 11) is 0. The van der Waals surface area contributed by atoms with E-state index in [2.05, 4.69) is 41.9 Å². The van der Waals surface area contributed by atoms with E-state index in [0.29, 0.717) is 17.5 Å². The SMILES string of the molecule is CC(C)c1nc(CSc2nnc(CN3CCCCC3)n2-c2ccccc2)no1. The molecule has 0 radical (unpaired) electrons. The fourth-order valence-electron chi connectivity index (χ4n) is 3.34. The van der Waals surface area contributed by atoms with Crippen molar-refractivity contribution in [3.63, 3.8) is 0 Å². The maximum atomic E-state index is 5.31. The Morgan fingerprint density at radius 3 is 2.57 bits per heavy atom. The Bertz CT molecular complexity index is 885. The second-order valence-corrected chi connectivity index (χ2v) is 8.34. The zero-order valence-electron chi connectivity index (χ0n) is 16.4. The van der Waals surface area contributed by atoms with E-state index in [4.69, 9.17) is 4.52 Å². The lowest BCUT2D eigenvalue weighted by molar-refractivity contribution is 0.214. The Hall–Kier alpha value is -2.19. The molecule has 148 valence electrons. The van der Waals surface area contributed by atoms with Crippen LogP contribution in [0.15, 0.2) is 40.0 Å². The molecule has 28 heavy (non-hydrogen) atoms. The molecule has 0 saturated carbocycles. The van der Waals surface area contributed by atoms with Crippen LogP contribution in [0.1, 0.15) is 56.6 Å². The van der Waals surface area contributed by atoms with E-state index < -0.39 is 0 Å². The first kappa shape index (κ1) is 19.1. The van der Waals surface area contributed by atoms with Crippen LogP contribution in [0.2, 0.25) is 0 Å². The van der Waals surface area contributed by atoms with Crippen LogP contribution >= 0.6 is 11.8 Å². The third-order valence-corrected chi connectivity index (χ3v) is 5.76. The van der Waals surface area contributed by atoms with Crippen LogP contribution in [0.5, 0.6) is 0 Å². The van der Waals surface area contributed by atoms with Crippen LogP contribution in [-0.2, 0) is 12.3 Å². The van der Waals surface area contributed by atoms with Crippen molar-refractivity contribution in [2.24, 2.45) is 0 Å². The second-order valence-electron chi connectivity index (χ2n) is 7.40. The van der Waals surface area contributed by atoms with Gasteiger partial charge in [0.05, 0.1) is 12.3 Å². The van der Waals surface area contributed by atoms with Crippen LogP contribution in [-0.4, -0.2) is 42.9 Å². The summed E-state index contributed by atoms with van der Waals surface area (Å²) in [5, 5.41) is 13.9. The number of likely N-dealkylation sites (tertiary alicyclic amines) is 1. The van der Waals surface area contributed by atoms with Gasteiger partial charge in [-0.05, 0) is 38.1 Å². The highest BCUT2D eigenvalue weighted by atomic mass is 32.2. The highest BCUT2D eigenvalue weighted by Gasteiger charge is 2.19. The van der Waals surface area contributed by atoms with Crippen molar-refractivity contribution in [3.05, 3.63) is 47.9 Å². The third-order valence-electron chi connectivity index (χ3n) is 4.84. The minimum atomic E-state index is 0.232. The van der Waals surface area contributed by atoms with Crippen LogP contribution < -0.4 is 0 Å². The summed E-state index contributed by atoms with van der Waals surface area (Å²) in [6.07, 6.45) is 3.85. The molecule has 8 heteroatoms. The molecule has 1 aliphatic rings. The van der Waals surface area contributed by atoms with Crippen molar-refractivity contribution in [2.75, 3.05) is 13.1 Å². The standard InChI is InChI=1S/C20H26N6OS/c1-15(2)19-21-17(24-27-19)14-28-20-23-22-18(13-25-11-7-4-8-12-25)26(20)16-9-5-3-6-10-16/h3,5-6,9-10,15H,4,7-8,11-14H2,1-2H3. The van der Waals surface area contributed by atoms with Gasteiger partial charge in [-0.15, -0.1) is 10.2 Å². The molecule has 0 N–H and O–H groups in total. The number of hydrogen-bond donors (Lipinski definition) is 0. The van der Waals surface area contributed by atoms with Crippen molar-refractivity contribution < 1.29 is 4.52 Å². The summed E-state index contributed by atoms with van der Waals surface area (Å²) in [5.41, 5.74) is 1.08. The lowest BCUT2D eigenvalue weighted by Gasteiger charge is -2.26. The predicted octanol–water partition coefficient (Wildman–Crippen LogP) is 4.05. The molecule has 0 unspecified atom stereocenters. The zero-order chi connectivity index (χ0) is 19.3. The lowest BCUT2D eigenvalue weighted by Crippen LogP contribution is -2.30. The molecular weight excluding hydrogens is 372 g/mol. The maximum absolute atomic E-state index is 5.31. The Morgan fingerprint density at radius 2 is 1.86 bits per heavy atom. The highest BCUT2D eigenvalue weighted by molar-refractivity contribution is 7.98. The average molecular weight is 399 g/mol. The predicted molar refractivity (Wildman–Crippen MR) is 108 cm³/mol. The number of thioether (sulfide) groups is 1. The van der Waals surface area contributed by atoms with Gasteiger partial charge in [-0.1, -0.05) is 55.4 Å². The van der Waals surface area contributed by atoms with E-state index in [0.717, 1.165) is 36.3 Å². The molecule has 2 aromatic heterocycles. The monoisotopic (exact) mass is 398 g/mol. The molecule has 1 aromatic carbocycles. The molecule has 3 aromatic rings. The highest BCUT2D eigenvalue weighted by Crippen LogP contribution is 2.26. The Balaban J connectivity index is 1.55. The minimum absolute atomic E-state index is 0.232. The van der Waals surface area contributed by atoms with Crippen LogP contribution in [0.3, 0.4) is 0 Å². The molecule has 0 spiro atoms. The zero-order valence-corrected chi connectivity index (χ0v) is 17.2. The van der Waals surface area contributed by atoms with Gasteiger partial charge >= 0.3 is 0 Å². The molecule has 1 aliphatic heterocycles. The topological polar surface area (TPSA) is 72.9 Å². The van der Waals surface area contributed by atoms with Crippen molar-refractivity contribution in [1.82, 2.24) is 29.8 Å². The van der Waals surface area contributed by atoms with Crippen LogP contribution in [0, 0.1) is 0 Å². The fourth-order valence-corrected chi connectivity index (χ4v) is 4.15. The van der Waals surface area contributed by atoms with Crippen LogP contribution in [0.25, 0.3) is 5.69 Å². The van der Waals surface area contributed by atoms with E-state index in [1.54, 1.807) is 11.8 Å². The smallest absolute Gasteiger partial charge is 0.229 e. The van der Waals surface area contributed by atoms with Gasteiger partial charge < -0.3 is 4.52 Å². The van der Waals surface area contributed by atoms with Crippen molar-refractivity contribution in [2.45, 2.75) is 56.5 Å². The summed E-state index contributed by atoms with van der Waals surface area (Å²) in [4.78, 5) is 6.93. The lowest BCUT2D eigenvalue weighted by atomic mass is 10.1. The third kappa shape index (κ3) is 4.44. The molecule has 4 rings (SSSR count). The summed E-state index contributed by atoms with van der Waals surface area (Å²) < 4.78 is 7.47. The first-order valence-corrected chi connectivity index (χ1v) is 10.9. The maximum Gasteiger partial charge on any atom is 0.229 e. The van der Waals surface area contributed by atoms with Gasteiger partial charge in [0, 0.05) is 11.6 Å². The second kappa shape index (κ2) is 8.87. The van der Waals surface area contributed by atoms with Gasteiger partial charge in [0.25, 0.3) is 0 Å². The molecule has 7 nitrogen and oxygen atoms in total. The fraction of sp³-hybridized carbons (Fsp3) is 0.500. The van der Waals surface area contributed by atoms with Crippen molar-refractivity contribution in [1.29, 1.82) is 0 Å². The summed E-state index contributed by atoms with van der Waals surface area (Å²) in [6.45, 7) is 7.17. The number of hydrogen-bond acceptors (Lipinski definition) is 7.